The Morgan fingerprint density at radius 3 is 2.14 bits per heavy atom. The molecule has 0 saturated carbocycles. The maximum atomic E-state index is 6.25. The van der Waals surface area contributed by atoms with Crippen LogP contribution in [0.4, 0.5) is 0 Å². The van der Waals surface area contributed by atoms with Gasteiger partial charge >= 0.3 is 0 Å². The number of hydrogen-bond donors (Lipinski definition) is 0. The highest BCUT2D eigenvalue weighted by atomic mass is 14.9. The lowest BCUT2D eigenvalue weighted by molar-refractivity contribution is -0.697. The van der Waals surface area contributed by atoms with Crippen LogP contribution >= 0.6 is 0 Å². The summed E-state index contributed by atoms with van der Waals surface area (Å²) in [6.07, 6.45) is 7.99. The minimum absolute atomic E-state index is 1.13. The molecule has 0 spiro atoms. The largest absolute Gasteiger partial charge is 0.512 e. The van der Waals surface area contributed by atoms with Crippen LogP contribution in [0.15, 0.2) is 24.5 Å². The van der Waals surface area contributed by atoms with Crippen LogP contribution in [0.25, 0.3) is 0 Å². The van der Waals surface area contributed by atoms with E-state index in [4.69, 9.17) is 11.8 Å². The van der Waals surface area contributed by atoms with E-state index in [2.05, 4.69) is 42.9 Å². The van der Waals surface area contributed by atoms with Gasteiger partial charge in [0, 0.05) is 18.6 Å². The fraction of sp³-hybridized carbons (Fsp3) is 0.500. The Balaban J connectivity index is 0.000000791. The lowest BCUT2D eigenvalue weighted by Crippen LogP contribution is -2.32. The van der Waals surface area contributed by atoms with Crippen molar-refractivity contribution in [1.29, 1.82) is 5.26 Å². The molecule has 0 unspecified atom stereocenters. The summed E-state index contributed by atoms with van der Waals surface area (Å²) in [4.78, 5) is 0. The van der Waals surface area contributed by atoms with Crippen LogP contribution in [0.1, 0.15) is 32.3 Å². The molecule has 0 bridgehead atoms. The lowest BCUT2D eigenvalue weighted by Gasteiger charge is -1.96. The van der Waals surface area contributed by atoms with Gasteiger partial charge in [-0.15, -0.1) is 0 Å². The molecule has 76 valence electrons. The van der Waals surface area contributed by atoms with E-state index < -0.39 is 0 Å². The van der Waals surface area contributed by atoms with E-state index >= 15 is 0 Å². The van der Waals surface area contributed by atoms with Gasteiger partial charge in [-0.2, -0.15) is 0 Å². The van der Waals surface area contributed by atoms with E-state index in [1.54, 1.807) is 0 Å². The van der Waals surface area contributed by atoms with Crippen LogP contribution in [0.2, 0.25) is 0 Å². The van der Waals surface area contributed by atoms with Crippen LogP contribution < -0.4 is 4.57 Å². The number of aromatic nitrogens is 1. The van der Waals surface area contributed by atoms with Gasteiger partial charge in [-0.1, -0.05) is 20.3 Å². The molecule has 2 nitrogen and oxygen atoms in total. The predicted molar refractivity (Wildman–Crippen MR) is 55.9 cm³/mol. The molecule has 0 aliphatic rings. The average Bonchev–Trinajstić information content (AvgIpc) is 2.25. The summed E-state index contributed by atoms with van der Waals surface area (Å²) in [5.41, 5.74) is 1.45. The fourth-order valence-corrected chi connectivity index (χ4v) is 1.35. The van der Waals surface area contributed by atoms with Crippen molar-refractivity contribution in [1.82, 2.24) is 0 Å². The van der Waals surface area contributed by atoms with Gasteiger partial charge in [-0.05, 0) is 12.0 Å². The summed E-state index contributed by atoms with van der Waals surface area (Å²) < 4.78 is 2.24. The quantitative estimate of drug-likeness (QED) is 0.529. The van der Waals surface area contributed by atoms with E-state index in [1.807, 2.05) is 0 Å². The Kier molecular flexibility index (Phi) is 7.45. The lowest BCUT2D eigenvalue weighted by atomic mass is 10.1. The average molecular weight is 190 g/mol. The standard InChI is InChI=1S/C11H18N.CN/c1-3-5-11-6-9-12(8-4-2)10-7-11;1-2/h6-7,9-10H,3-5,8H2,1-2H3;/q+1;-1. The van der Waals surface area contributed by atoms with E-state index in [0.29, 0.717) is 0 Å². The first-order valence-electron chi connectivity index (χ1n) is 5.07. The molecule has 0 N–H and O–H groups in total. The van der Waals surface area contributed by atoms with Gasteiger partial charge < -0.3 is 11.8 Å². The van der Waals surface area contributed by atoms with E-state index in [9.17, 15) is 0 Å². The van der Waals surface area contributed by atoms with Crippen molar-refractivity contribution in [2.45, 2.75) is 39.7 Å². The molecule has 1 aromatic rings. The monoisotopic (exact) mass is 190 g/mol. The molecule has 1 rings (SSSR count). The summed E-state index contributed by atoms with van der Waals surface area (Å²) in [6.45, 7) is 10.3. The van der Waals surface area contributed by atoms with Crippen molar-refractivity contribution in [2.75, 3.05) is 0 Å². The number of aryl methyl sites for hydroxylation is 2. The minimum atomic E-state index is 1.13. The SMILES string of the molecule is CCCc1cc[n+](CCC)cc1.[C-]#N. The van der Waals surface area contributed by atoms with Gasteiger partial charge in [0.25, 0.3) is 0 Å². The van der Waals surface area contributed by atoms with Crippen molar-refractivity contribution < 1.29 is 4.57 Å². The molecule has 14 heavy (non-hydrogen) atoms. The maximum Gasteiger partial charge on any atom is 0.169 e. The highest BCUT2D eigenvalue weighted by molar-refractivity contribution is 5.06. The predicted octanol–water partition coefficient (Wildman–Crippen LogP) is 2.43. The molecule has 0 radical (unpaired) electrons. The molecule has 0 amide bonds. The zero-order chi connectivity index (χ0) is 10.8. The van der Waals surface area contributed by atoms with Crippen LogP contribution in [-0.4, -0.2) is 0 Å². The van der Waals surface area contributed by atoms with E-state index in [-0.39, 0.29) is 0 Å². The first-order valence-corrected chi connectivity index (χ1v) is 5.07. The normalized spacial score (nSPS) is 8.86. The second-order valence-corrected chi connectivity index (χ2v) is 3.19. The summed E-state index contributed by atoms with van der Waals surface area (Å²) in [5.74, 6) is 0. The third kappa shape index (κ3) is 4.61. The number of nitrogens with zero attached hydrogens (tertiary/aromatic N) is 2. The maximum absolute atomic E-state index is 6.25. The van der Waals surface area contributed by atoms with Crippen molar-refractivity contribution in [3.05, 3.63) is 36.7 Å². The van der Waals surface area contributed by atoms with Gasteiger partial charge in [-0.25, -0.2) is 4.57 Å². The van der Waals surface area contributed by atoms with Gasteiger partial charge in [0.15, 0.2) is 12.4 Å². The Bertz CT molecular complexity index is 224. The molecule has 0 atom stereocenters. The molecule has 2 heteroatoms. The molecule has 1 aromatic heterocycles. The van der Waals surface area contributed by atoms with Crippen molar-refractivity contribution in [2.24, 2.45) is 0 Å². The van der Waals surface area contributed by atoms with E-state index in [1.165, 1.54) is 24.8 Å². The summed E-state index contributed by atoms with van der Waals surface area (Å²) in [7, 11) is 0. The second-order valence-electron chi connectivity index (χ2n) is 3.19. The van der Waals surface area contributed by atoms with Crippen LogP contribution in [0.3, 0.4) is 0 Å². The van der Waals surface area contributed by atoms with Gasteiger partial charge in [0.05, 0.1) is 0 Å². The molecule has 0 aliphatic carbocycles. The fourth-order valence-electron chi connectivity index (χ4n) is 1.35. The topological polar surface area (TPSA) is 27.7 Å². The Morgan fingerprint density at radius 1 is 1.14 bits per heavy atom. The van der Waals surface area contributed by atoms with Crippen LogP contribution in [0.5, 0.6) is 0 Å². The summed E-state index contributed by atoms with van der Waals surface area (Å²) in [6, 6.07) is 4.44. The Hall–Kier alpha value is -1.36. The number of hydrogen-bond acceptors (Lipinski definition) is 1. The van der Waals surface area contributed by atoms with Crippen molar-refractivity contribution in [3.63, 3.8) is 0 Å². The summed E-state index contributed by atoms with van der Waals surface area (Å²) >= 11 is 0. The first-order chi connectivity index (χ1) is 6.86. The third-order valence-electron chi connectivity index (χ3n) is 1.98. The molecular formula is C12H18N2. The molecule has 0 fully saturated rings. The van der Waals surface area contributed by atoms with Gasteiger partial charge in [0.2, 0.25) is 0 Å². The highest BCUT2D eigenvalue weighted by Crippen LogP contribution is 1.98. The zero-order valence-electron chi connectivity index (χ0n) is 9.03. The summed E-state index contributed by atoms with van der Waals surface area (Å²) in [5, 5.41) is 6.25. The van der Waals surface area contributed by atoms with Crippen LogP contribution in [0, 0.1) is 11.8 Å². The first kappa shape index (κ1) is 12.6. The zero-order valence-corrected chi connectivity index (χ0v) is 9.03. The molecule has 1 heterocycles. The third-order valence-corrected chi connectivity index (χ3v) is 1.98. The van der Waals surface area contributed by atoms with Gasteiger partial charge in [0.1, 0.15) is 6.54 Å². The van der Waals surface area contributed by atoms with Crippen molar-refractivity contribution in [3.8, 4) is 0 Å². The molecule has 0 saturated heterocycles. The molecule has 0 aromatic carbocycles. The number of pyridine rings is 1. The van der Waals surface area contributed by atoms with E-state index in [0.717, 1.165) is 6.54 Å². The Morgan fingerprint density at radius 2 is 1.71 bits per heavy atom. The molecular weight excluding hydrogens is 172 g/mol. The second kappa shape index (κ2) is 8.25. The number of rotatable bonds is 4. The smallest absolute Gasteiger partial charge is 0.169 e. The van der Waals surface area contributed by atoms with Crippen molar-refractivity contribution >= 4 is 0 Å². The highest BCUT2D eigenvalue weighted by Gasteiger charge is 1.97. The minimum Gasteiger partial charge on any atom is -0.512 e. The Labute approximate surface area is 86.8 Å². The van der Waals surface area contributed by atoms with Gasteiger partial charge in [-0.3, -0.25) is 0 Å². The van der Waals surface area contributed by atoms with Crippen LogP contribution in [-0.2, 0) is 13.0 Å². The molecule has 0 aliphatic heterocycles.